The van der Waals surface area contributed by atoms with E-state index in [9.17, 15) is 29.7 Å². The molecule has 1 aliphatic rings. The number of aliphatic hydroxyl groups excluding tert-OH is 5. The van der Waals surface area contributed by atoms with Crippen molar-refractivity contribution in [2.24, 2.45) is 5.92 Å². The highest BCUT2D eigenvalue weighted by molar-refractivity contribution is 6.03. The number of nitrogens with zero attached hydrogens (tertiary/aromatic N) is 1. The number of esters is 1. The molecule has 0 saturated carbocycles. The Hall–Kier alpha value is -1.63. The van der Waals surface area contributed by atoms with Gasteiger partial charge in [0.2, 0.25) is 0 Å². The third-order valence-corrected chi connectivity index (χ3v) is 3.37. The van der Waals surface area contributed by atoms with Crippen LogP contribution in [0.15, 0.2) is 0 Å². The molecule has 0 bridgehead atoms. The zero-order valence-corrected chi connectivity index (χ0v) is 12.0. The number of imide groups is 1. The number of hydroxylamine groups is 2. The molecule has 2 amide bonds. The van der Waals surface area contributed by atoms with Crippen molar-refractivity contribution in [1.82, 2.24) is 5.06 Å². The fourth-order valence-electron chi connectivity index (χ4n) is 1.94. The molecule has 0 spiro atoms. The van der Waals surface area contributed by atoms with Crippen molar-refractivity contribution in [3.05, 3.63) is 0 Å². The van der Waals surface area contributed by atoms with E-state index in [4.69, 9.17) is 15.4 Å². The zero-order valence-electron chi connectivity index (χ0n) is 12.0. The van der Waals surface area contributed by atoms with Crippen molar-refractivity contribution in [2.75, 3.05) is 13.2 Å². The van der Waals surface area contributed by atoms with Gasteiger partial charge in [0.15, 0.2) is 0 Å². The second-order valence-corrected chi connectivity index (χ2v) is 5.13. The molecule has 23 heavy (non-hydrogen) atoms. The normalized spacial score (nSPS) is 23.6. The maximum atomic E-state index is 11.5. The number of hydrogen-bond donors (Lipinski definition) is 6. The standard InChI is InChI=1S/C12H19NO10/c14-3-6(15)10(19)11(20)7(16)4-23-9(18)2-5-1-8(17)13(22)12(5)21/h5-7,10-11,14-16,19-20,22H,1-4H2/t5?,6-,7-,10-,11-/m1/s1. The van der Waals surface area contributed by atoms with Gasteiger partial charge in [-0.05, 0) is 0 Å². The van der Waals surface area contributed by atoms with Gasteiger partial charge in [0.1, 0.15) is 31.0 Å². The molecule has 6 N–H and O–H groups in total. The summed E-state index contributed by atoms with van der Waals surface area (Å²) < 4.78 is 4.60. The second-order valence-electron chi connectivity index (χ2n) is 5.13. The van der Waals surface area contributed by atoms with Crippen molar-refractivity contribution in [3.8, 4) is 0 Å². The van der Waals surface area contributed by atoms with Crippen LogP contribution >= 0.6 is 0 Å². The average Bonchev–Trinajstić information content (AvgIpc) is 2.77. The summed E-state index contributed by atoms with van der Waals surface area (Å²) in [5.74, 6) is -3.81. The number of ether oxygens (including phenoxy) is 1. The number of amides is 2. The van der Waals surface area contributed by atoms with Crippen LogP contribution in [0, 0.1) is 5.92 Å². The molecule has 0 aliphatic carbocycles. The number of carbonyl (C=O) groups is 3. The Morgan fingerprint density at radius 1 is 1.17 bits per heavy atom. The van der Waals surface area contributed by atoms with Gasteiger partial charge in [-0.25, -0.2) is 0 Å². The second kappa shape index (κ2) is 8.29. The maximum absolute atomic E-state index is 11.5. The summed E-state index contributed by atoms with van der Waals surface area (Å²) >= 11 is 0. The summed E-state index contributed by atoms with van der Waals surface area (Å²) in [4.78, 5) is 33.9. The molecular formula is C12H19NO10. The van der Waals surface area contributed by atoms with Gasteiger partial charge in [-0.3, -0.25) is 19.6 Å². The van der Waals surface area contributed by atoms with Crippen LogP contribution < -0.4 is 0 Å². The highest BCUT2D eigenvalue weighted by atomic mass is 16.5. The minimum absolute atomic E-state index is 0.0802. The number of rotatable bonds is 8. The minimum atomic E-state index is -1.88. The Kier molecular flexibility index (Phi) is 7.00. The molecule has 0 aromatic carbocycles. The third kappa shape index (κ3) is 4.92. The molecule has 0 aromatic heterocycles. The minimum Gasteiger partial charge on any atom is -0.463 e. The lowest BCUT2D eigenvalue weighted by Gasteiger charge is -2.25. The third-order valence-electron chi connectivity index (χ3n) is 3.37. The summed E-state index contributed by atoms with van der Waals surface area (Å²) in [6.45, 7) is -1.59. The summed E-state index contributed by atoms with van der Waals surface area (Å²) in [6, 6.07) is 0. The Morgan fingerprint density at radius 2 is 1.74 bits per heavy atom. The highest BCUT2D eigenvalue weighted by Gasteiger charge is 2.39. The molecule has 1 rings (SSSR count). The van der Waals surface area contributed by atoms with Gasteiger partial charge in [0, 0.05) is 6.42 Å². The van der Waals surface area contributed by atoms with E-state index in [0.29, 0.717) is 0 Å². The Labute approximate surface area is 130 Å². The fraction of sp³-hybridized carbons (Fsp3) is 0.750. The fourth-order valence-corrected chi connectivity index (χ4v) is 1.94. The predicted molar refractivity (Wildman–Crippen MR) is 68.4 cm³/mol. The maximum Gasteiger partial charge on any atom is 0.306 e. The molecule has 11 nitrogen and oxygen atoms in total. The highest BCUT2D eigenvalue weighted by Crippen LogP contribution is 2.21. The van der Waals surface area contributed by atoms with E-state index in [-0.39, 0.29) is 11.5 Å². The summed E-state index contributed by atoms with van der Waals surface area (Å²) in [5.41, 5.74) is 0. The summed E-state index contributed by atoms with van der Waals surface area (Å²) in [7, 11) is 0. The van der Waals surface area contributed by atoms with Crippen molar-refractivity contribution in [1.29, 1.82) is 0 Å². The van der Waals surface area contributed by atoms with Crippen LogP contribution in [-0.4, -0.2) is 91.2 Å². The van der Waals surface area contributed by atoms with Crippen molar-refractivity contribution < 1.29 is 49.9 Å². The van der Waals surface area contributed by atoms with Crippen molar-refractivity contribution in [3.63, 3.8) is 0 Å². The van der Waals surface area contributed by atoms with Crippen LogP contribution in [0.5, 0.6) is 0 Å². The smallest absolute Gasteiger partial charge is 0.306 e. The van der Waals surface area contributed by atoms with E-state index in [2.05, 4.69) is 4.74 Å². The molecule has 1 heterocycles. The lowest BCUT2D eigenvalue weighted by Crippen LogP contribution is -2.47. The van der Waals surface area contributed by atoms with Crippen LogP contribution in [0.1, 0.15) is 12.8 Å². The first-order valence-corrected chi connectivity index (χ1v) is 6.73. The molecule has 0 aromatic rings. The molecule has 1 unspecified atom stereocenters. The molecule has 1 fully saturated rings. The Balaban J connectivity index is 2.41. The predicted octanol–water partition coefficient (Wildman–Crippen LogP) is -3.88. The molecule has 1 aliphatic heterocycles. The lowest BCUT2D eigenvalue weighted by atomic mass is 10.0. The monoisotopic (exact) mass is 337 g/mol. The van der Waals surface area contributed by atoms with E-state index in [1.165, 1.54) is 0 Å². The van der Waals surface area contributed by atoms with Crippen LogP contribution in [0.25, 0.3) is 0 Å². The van der Waals surface area contributed by atoms with Gasteiger partial charge in [-0.1, -0.05) is 0 Å². The lowest BCUT2D eigenvalue weighted by molar-refractivity contribution is -0.173. The Bertz CT molecular complexity index is 455. The first-order valence-electron chi connectivity index (χ1n) is 6.73. The Morgan fingerprint density at radius 3 is 2.22 bits per heavy atom. The molecule has 0 radical (unpaired) electrons. The topological polar surface area (TPSA) is 185 Å². The largest absolute Gasteiger partial charge is 0.463 e. The summed E-state index contributed by atoms with van der Waals surface area (Å²) in [5, 5.41) is 55.1. The summed E-state index contributed by atoms with van der Waals surface area (Å²) in [6.07, 6.45) is -8.03. The SMILES string of the molecule is O=C(CC1CC(=O)N(O)C1=O)OC[C@@H](O)[C@@H](O)[C@H](O)[C@H](O)CO. The van der Waals surface area contributed by atoms with Crippen molar-refractivity contribution in [2.45, 2.75) is 37.3 Å². The van der Waals surface area contributed by atoms with Crippen LogP contribution in [0.4, 0.5) is 0 Å². The number of aliphatic hydroxyl groups is 5. The van der Waals surface area contributed by atoms with E-state index in [1.807, 2.05) is 0 Å². The number of carbonyl (C=O) groups excluding carboxylic acids is 3. The quantitative estimate of drug-likeness (QED) is 0.145. The van der Waals surface area contributed by atoms with E-state index < -0.39 is 67.8 Å². The first kappa shape index (κ1) is 19.4. The van der Waals surface area contributed by atoms with Gasteiger partial charge in [0.25, 0.3) is 11.8 Å². The van der Waals surface area contributed by atoms with Gasteiger partial charge < -0.3 is 30.3 Å². The number of hydrogen-bond acceptors (Lipinski definition) is 10. The molecule has 1 saturated heterocycles. The zero-order chi connectivity index (χ0) is 17.7. The van der Waals surface area contributed by atoms with Gasteiger partial charge in [-0.15, -0.1) is 0 Å². The van der Waals surface area contributed by atoms with E-state index >= 15 is 0 Å². The molecule has 132 valence electrons. The van der Waals surface area contributed by atoms with Crippen LogP contribution in [0.3, 0.4) is 0 Å². The molecular weight excluding hydrogens is 318 g/mol. The van der Waals surface area contributed by atoms with E-state index in [0.717, 1.165) is 0 Å². The van der Waals surface area contributed by atoms with Crippen molar-refractivity contribution >= 4 is 17.8 Å². The molecule has 5 atom stereocenters. The first-order chi connectivity index (χ1) is 10.7. The van der Waals surface area contributed by atoms with Gasteiger partial charge in [-0.2, -0.15) is 5.06 Å². The average molecular weight is 337 g/mol. The van der Waals surface area contributed by atoms with E-state index in [1.54, 1.807) is 0 Å². The van der Waals surface area contributed by atoms with Crippen LogP contribution in [-0.2, 0) is 19.1 Å². The van der Waals surface area contributed by atoms with Crippen LogP contribution in [0.2, 0.25) is 0 Å². The van der Waals surface area contributed by atoms with Gasteiger partial charge in [0.05, 0.1) is 18.9 Å². The molecule has 11 heteroatoms. The van der Waals surface area contributed by atoms with Gasteiger partial charge >= 0.3 is 5.97 Å².